The monoisotopic (exact) mass is 343 g/mol. The third kappa shape index (κ3) is 4.36. The van der Waals surface area contributed by atoms with Crippen LogP contribution in [0.4, 0.5) is 4.79 Å². The highest BCUT2D eigenvalue weighted by Gasteiger charge is 2.44. The maximum atomic E-state index is 11.8. The molecule has 1 heterocycles. The second kappa shape index (κ2) is 8.11. The minimum absolute atomic E-state index is 0.223. The maximum absolute atomic E-state index is 11.8. The Hall–Kier alpha value is -2.41. The van der Waals surface area contributed by atoms with Crippen molar-refractivity contribution in [2.45, 2.75) is 18.7 Å². The molecule has 2 aromatic carbocycles. The Balaban J connectivity index is 1.47. The Labute approximate surface area is 146 Å². The molecule has 1 unspecified atom stereocenters. The smallest absolute Gasteiger partial charge is 0.407 e. The van der Waals surface area contributed by atoms with Gasteiger partial charge in [-0.05, 0) is 5.56 Å². The van der Waals surface area contributed by atoms with Gasteiger partial charge in [-0.25, -0.2) is 4.79 Å². The molecular formula is C19H21NO5. The normalized spacial score (nSPS) is 22.5. The summed E-state index contributed by atoms with van der Waals surface area (Å²) in [5.41, 5.74) is 1.70. The molecule has 25 heavy (non-hydrogen) atoms. The number of carbonyl (C=O) groups is 1. The number of benzene rings is 2. The first-order valence-electron chi connectivity index (χ1n) is 8.09. The first-order chi connectivity index (χ1) is 12.2. The standard InChI is InChI=1S/C19H21NO5/c1-22-19(16-10-6-3-7-11-16)24-14-17(25-19)12-20-18(21)23-13-15-8-4-2-5-9-15/h2-11,17H,12-14H2,1H3,(H,20,21)/t17?,19-/m0/s1. The molecule has 0 saturated carbocycles. The van der Waals surface area contributed by atoms with E-state index in [1.54, 1.807) is 0 Å². The van der Waals surface area contributed by atoms with Crippen molar-refractivity contribution in [3.8, 4) is 0 Å². The minimum atomic E-state index is -1.23. The van der Waals surface area contributed by atoms with Crippen molar-refractivity contribution in [3.05, 3.63) is 71.8 Å². The predicted molar refractivity (Wildman–Crippen MR) is 90.6 cm³/mol. The summed E-state index contributed by atoms with van der Waals surface area (Å²) in [6, 6.07) is 18.9. The molecule has 0 bridgehead atoms. The Kier molecular flexibility index (Phi) is 5.65. The molecule has 1 fully saturated rings. The van der Waals surface area contributed by atoms with E-state index in [2.05, 4.69) is 5.32 Å². The van der Waals surface area contributed by atoms with Crippen LogP contribution in [0.5, 0.6) is 0 Å². The topological polar surface area (TPSA) is 66.0 Å². The number of methoxy groups -OCH3 is 1. The lowest BCUT2D eigenvalue weighted by Gasteiger charge is -2.26. The van der Waals surface area contributed by atoms with Crippen LogP contribution in [0.15, 0.2) is 60.7 Å². The number of ether oxygens (including phenoxy) is 4. The van der Waals surface area contributed by atoms with Gasteiger partial charge in [0.15, 0.2) is 0 Å². The minimum Gasteiger partial charge on any atom is -0.445 e. The summed E-state index contributed by atoms with van der Waals surface area (Å²) in [6.45, 7) is 0.800. The SMILES string of the molecule is CO[C@@]1(c2ccccc2)OCC(CNC(=O)OCc2ccccc2)O1. The van der Waals surface area contributed by atoms with Gasteiger partial charge >= 0.3 is 12.1 Å². The van der Waals surface area contributed by atoms with Gasteiger partial charge in [-0.1, -0.05) is 60.7 Å². The Bertz CT molecular complexity index is 679. The summed E-state index contributed by atoms with van der Waals surface area (Å²) in [7, 11) is 1.52. The van der Waals surface area contributed by atoms with Gasteiger partial charge in [0.2, 0.25) is 0 Å². The van der Waals surface area contributed by atoms with E-state index in [1.807, 2.05) is 60.7 Å². The van der Waals surface area contributed by atoms with Gasteiger partial charge in [-0.2, -0.15) is 0 Å². The highest BCUT2D eigenvalue weighted by molar-refractivity contribution is 5.67. The van der Waals surface area contributed by atoms with Crippen LogP contribution in [0.3, 0.4) is 0 Å². The quantitative estimate of drug-likeness (QED) is 0.874. The highest BCUT2D eigenvalue weighted by Crippen LogP contribution is 2.34. The van der Waals surface area contributed by atoms with E-state index >= 15 is 0 Å². The zero-order valence-corrected chi connectivity index (χ0v) is 14.0. The first-order valence-corrected chi connectivity index (χ1v) is 8.09. The fraction of sp³-hybridized carbons (Fsp3) is 0.316. The lowest BCUT2D eigenvalue weighted by atomic mass is 10.2. The second-order valence-corrected chi connectivity index (χ2v) is 5.62. The summed E-state index contributed by atoms with van der Waals surface area (Å²) in [4.78, 5) is 11.8. The molecule has 1 aliphatic rings. The van der Waals surface area contributed by atoms with Gasteiger partial charge in [0.05, 0.1) is 6.61 Å². The van der Waals surface area contributed by atoms with Gasteiger partial charge in [0, 0.05) is 19.2 Å². The third-order valence-corrected chi connectivity index (χ3v) is 3.86. The van der Waals surface area contributed by atoms with Crippen molar-refractivity contribution in [1.29, 1.82) is 0 Å². The molecule has 2 atom stereocenters. The summed E-state index contributed by atoms with van der Waals surface area (Å²) < 4.78 is 22.2. The molecule has 2 aromatic rings. The van der Waals surface area contributed by atoms with E-state index in [0.29, 0.717) is 6.61 Å². The molecule has 6 heteroatoms. The molecule has 0 radical (unpaired) electrons. The molecule has 0 aromatic heterocycles. The lowest BCUT2D eigenvalue weighted by Crippen LogP contribution is -2.36. The van der Waals surface area contributed by atoms with Crippen LogP contribution in [-0.4, -0.2) is 32.5 Å². The molecule has 1 aliphatic heterocycles. The Morgan fingerprint density at radius 2 is 1.84 bits per heavy atom. The van der Waals surface area contributed by atoms with Crippen molar-refractivity contribution in [2.75, 3.05) is 20.3 Å². The number of nitrogens with one attached hydrogen (secondary N) is 1. The van der Waals surface area contributed by atoms with E-state index in [-0.39, 0.29) is 19.3 Å². The molecule has 0 aliphatic carbocycles. The van der Waals surface area contributed by atoms with E-state index < -0.39 is 12.1 Å². The van der Waals surface area contributed by atoms with Crippen molar-refractivity contribution in [3.63, 3.8) is 0 Å². The van der Waals surface area contributed by atoms with Crippen LogP contribution in [0, 0.1) is 0 Å². The van der Waals surface area contributed by atoms with Crippen LogP contribution in [-0.2, 0) is 31.5 Å². The van der Waals surface area contributed by atoms with Gasteiger partial charge in [0.1, 0.15) is 12.7 Å². The number of carbonyl (C=O) groups excluding carboxylic acids is 1. The van der Waals surface area contributed by atoms with E-state index in [1.165, 1.54) is 7.11 Å². The van der Waals surface area contributed by atoms with Gasteiger partial charge in [-0.15, -0.1) is 0 Å². The van der Waals surface area contributed by atoms with Crippen LogP contribution in [0.25, 0.3) is 0 Å². The number of rotatable bonds is 6. The maximum Gasteiger partial charge on any atom is 0.407 e. The second-order valence-electron chi connectivity index (χ2n) is 5.62. The van der Waals surface area contributed by atoms with E-state index in [4.69, 9.17) is 18.9 Å². The summed E-state index contributed by atoms with van der Waals surface area (Å²) in [6.07, 6.45) is -0.827. The molecular weight excluding hydrogens is 322 g/mol. The van der Waals surface area contributed by atoms with Crippen LogP contribution in [0.1, 0.15) is 11.1 Å². The molecule has 1 N–H and O–H groups in total. The van der Waals surface area contributed by atoms with Crippen LogP contribution < -0.4 is 5.32 Å². The van der Waals surface area contributed by atoms with Gasteiger partial charge in [-0.3, -0.25) is 0 Å². The van der Waals surface area contributed by atoms with Gasteiger partial charge in [0.25, 0.3) is 0 Å². The summed E-state index contributed by atoms with van der Waals surface area (Å²) in [5, 5.41) is 2.69. The van der Waals surface area contributed by atoms with Crippen molar-refractivity contribution in [2.24, 2.45) is 0 Å². The fourth-order valence-corrected chi connectivity index (χ4v) is 2.58. The Morgan fingerprint density at radius 3 is 2.52 bits per heavy atom. The molecule has 6 nitrogen and oxygen atoms in total. The average molecular weight is 343 g/mol. The fourth-order valence-electron chi connectivity index (χ4n) is 2.58. The molecule has 0 spiro atoms. The average Bonchev–Trinajstić information content (AvgIpc) is 3.11. The number of amides is 1. The molecule has 1 saturated heterocycles. The lowest BCUT2D eigenvalue weighted by molar-refractivity contribution is -0.337. The number of alkyl carbamates (subject to hydrolysis) is 1. The summed E-state index contributed by atoms with van der Waals surface area (Å²) in [5.74, 6) is -1.23. The predicted octanol–water partition coefficient (Wildman–Crippen LogP) is 2.79. The third-order valence-electron chi connectivity index (χ3n) is 3.86. The number of hydrogen-bond donors (Lipinski definition) is 1. The largest absolute Gasteiger partial charge is 0.445 e. The van der Waals surface area contributed by atoms with Crippen molar-refractivity contribution >= 4 is 6.09 Å². The van der Waals surface area contributed by atoms with Gasteiger partial charge < -0.3 is 24.3 Å². The first kappa shape index (κ1) is 17.4. The van der Waals surface area contributed by atoms with Crippen LogP contribution >= 0.6 is 0 Å². The van der Waals surface area contributed by atoms with Crippen molar-refractivity contribution < 1.29 is 23.7 Å². The van der Waals surface area contributed by atoms with Crippen molar-refractivity contribution in [1.82, 2.24) is 5.32 Å². The highest BCUT2D eigenvalue weighted by atomic mass is 16.9. The Morgan fingerprint density at radius 1 is 1.16 bits per heavy atom. The number of hydrogen-bond acceptors (Lipinski definition) is 5. The summed E-state index contributed by atoms with van der Waals surface area (Å²) >= 11 is 0. The molecule has 3 rings (SSSR count). The molecule has 132 valence electrons. The van der Waals surface area contributed by atoms with Crippen LogP contribution in [0.2, 0.25) is 0 Å². The molecule has 1 amide bonds. The zero-order valence-electron chi connectivity index (χ0n) is 14.0. The van der Waals surface area contributed by atoms with E-state index in [0.717, 1.165) is 11.1 Å². The zero-order chi connectivity index (χ0) is 17.5. The van der Waals surface area contributed by atoms with E-state index in [9.17, 15) is 4.79 Å².